The molecule has 2 atom stereocenters. The predicted molar refractivity (Wildman–Crippen MR) is 72.7 cm³/mol. The number of amides is 2. The monoisotopic (exact) mass is 293 g/mol. The number of nitrogens with one attached hydrogen (secondary N) is 2. The first-order valence-electron chi connectivity index (χ1n) is 6.28. The molecule has 1 aliphatic heterocycles. The standard InChI is InChI=1S/C13H15N3O5/c14-11(17)5-8(13(19)20)16-12(18)10-6-15-7-3-1-2-4-9(7)21-10/h1-4,8,10,15H,5-6H2,(H2,14,17)(H,16,18)(H,19,20). The van der Waals surface area contributed by atoms with Gasteiger partial charge in [0.15, 0.2) is 6.10 Å². The van der Waals surface area contributed by atoms with Gasteiger partial charge in [-0.1, -0.05) is 12.1 Å². The number of ether oxygens (including phenoxy) is 1. The maximum absolute atomic E-state index is 12.0. The Kier molecular flexibility index (Phi) is 4.27. The zero-order valence-electron chi connectivity index (χ0n) is 11.0. The molecule has 8 heteroatoms. The fourth-order valence-corrected chi connectivity index (χ4v) is 1.93. The molecule has 2 rings (SSSR count). The molecule has 1 aromatic rings. The second-order valence-corrected chi connectivity index (χ2v) is 4.55. The first-order chi connectivity index (χ1) is 9.97. The Hall–Kier alpha value is -2.77. The normalized spacial score (nSPS) is 17.6. The van der Waals surface area contributed by atoms with E-state index in [4.69, 9.17) is 15.6 Å². The summed E-state index contributed by atoms with van der Waals surface area (Å²) in [4.78, 5) is 33.8. The van der Waals surface area contributed by atoms with Crippen LogP contribution < -0.4 is 21.1 Å². The molecule has 0 fully saturated rings. The van der Waals surface area contributed by atoms with Crippen LogP contribution in [0.5, 0.6) is 5.75 Å². The summed E-state index contributed by atoms with van der Waals surface area (Å²) in [6, 6.07) is 5.71. The molecule has 2 amide bonds. The van der Waals surface area contributed by atoms with E-state index in [1.165, 1.54) is 0 Å². The Bertz CT molecular complexity index is 575. The van der Waals surface area contributed by atoms with Crippen molar-refractivity contribution in [3.05, 3.63) is 24.3 Å². The van der Waals surface area contributed by atoms with Crippen LogP contribution in [0.15, 0.2) is 24.3 Å². The van der Waals surface area contributed by atoms with Crippen LogP contribution in [-0.2, 0) is 14.4 Å². The minimum absolute atomic E-state index is 0.200. The number of carboxylic acid groups (broad SMARTS) is 1. The lowest BCUT2D eigenvalue weighted by molar-refractivity contribution is -0.144. The molecule has 2 unspecified atom stereocenters. The van der Waals surface area contributed by atoms with Crippen molar-refractivity contribution < 1.29 is 24.2 Å². The molecule has 0 bridgehead atoms. The molecule has 1 heterocycles. The summed E-state index contributed by atoms with van der Waals surface area (Å²) in [5.41, 5.74) is 5.71. The maximum atomic E-state index is 12.0. The fourth-order valence-electron chi connectivity index (χ4n) is 1.93. The molecule has 1 aromatic carbocycles. The molecular weight excluding hydrogens is 278 g/mol. The molecule has 21 heavy (non-hydrogen) atoms. The molecule has 1 aliphatic rings. The number of rotatable bonds is 5. The third-order valence-corrected chi connectivity index (χ3v) is 2.95. The van der Waals surface area contributed by atoms with Crippen LogP contribution in [0, 0.1) is 0 Å². The highest BCUT2D eigenvalue weighted by molar-refractivity contribution is 5.90. The average molecular weight is 293 g/mol. The van der Waals surface area contributed by atoms with E-state index in [9.17, 15) is 14.4 Å². The average Bonchev–Trinajstić information content (AvgIpc) is 2.45. The molecule has 0 saturated heterocycles. The van der Waals surface area contributed by atoms with E-state index in [1.54, 1.807) is 18.2 Å². The van der Waals surface area contributed by atoms with Gasteiger partial charge in [0.25, 0.3) is 5.91 Å². The van der Waals surface area contributed by atoms with Gasteiger partial charge in [-0.15, -0.1) is 0 Å². The molecule has 0 aromatic heterocycles. The summed E-state index contributed by atoms with van der Waals surface area (Å²) in [7, 11) is 0. The number of carboxylic acids is 1. The first-order valence-corrected chi connectivity index (χ1v) is 6.28. The number of fused-ring (bicyclic) bond motifs is 1. The lowest BCUT2D eigenvalue weighted by atomic mass is 10.1. The largest absolute Gasteiger partial charge is 0.480 e. The van der Waals surface area contributed by atoms with Crippen molar-refractivity contribution in [2.24, 2.45) is 5.73 Å². The highest BCUT2D eigenvalue weighted by Gasteiger charge is 2.30. The number of benzene rings is 1. The van der Waals surface area contributed by atoms with Crippen molar-refractivity contribution in [2.45, 2.75) is 18.6 Å². The van der Waals surface area contributed by atoms with E-state index in [1.807, 2.05) is 6.07 Å². The Morgan fingerprint density at radius 1 is 1.43 bits per heavy atom. The lowest BCUT2D eigenvalue weighted by Gasteiger charge is -2.27. The molecule has 0 radical (unpaired) electrons. The topological polar surface area (TPSA) is 131 Å². The first kappa shape index (κ1) is 14.6. The highest BCUT2D eigenvalue weighted by Crippen LogP contribution is 2.28. The number of aliphatic carboxylic acids is 1. The van der Waals surface area contributed by atoms with Crippen LogP contribution in [0.1, 0.15) is 6.42 Å². The van der Waals surface area contributed by atoms with Gasteiger partial charge in [-0.3, -0.25) is 9.59 Å². The van der Waals surface area contributed by atoms with Crippen molar-refractivity contribution in [2.75, 3.05) is 11.9 Å². The van der Waals surface area contributed by atoms with E-state index in [0.717, 1.165) is 5.69 Å². The highest BCUT2D eigenvalue weighted by atomic mass is 16.5. The Balaban J connectivity index is 2.01. The number of carbonyl (C=O) groups is 3. The van der Waals surface area contributed by atoms with Crippen LogP contribution in [0.2, 0.25) is 0 Å². The minimum atomic E-state index is -1.37. The number of para-hydroxylation sites is 2. The third kappa shape index (κ3) is 3.62. The van der Waals surface area contributed by atoms with Crippen molar-refractivity contribution in [1.29, 1.82) is 0 Å². The molecule has 5 N–H and O–H groups in total. The Morgan fingerprint density at radius 3 is 2.81 bits per heavy atom. The summed E-state index contributed by atoms with van der Waals surface area (Å²) < 4.78 is 5.50. The molecule has 0 spiro atoms. The quantitative estimate of drug-likeness (QED) is 0.568. The van der Waals surface area contributed by atoms with Crippen molar-refractivity contribution in [3.8, 4) is 5.75 Å². The van der Waals surface area contributed by atoms with Crippen molar-refractivity contribution >= 4 is 23.5 Å². The predicted octanol–water partition coefficient (Wildman–Crippen LogP) is -0.696. The number of hydrogen-bond acceptors (Lipinski definition) is 5. The zero-order valence-corrected chi connectivity index (χ0v) is 11.0. The number of carbonyl (C=O) groups excluding carboxylic acids is 2. The molecular formula is C13H15N3O5. The number of hydrogen-bond donors (Lipinski definition) is 4. The summed E-state index contributed by atoms with van der Waals surface area (Å²) in [5, 5.41) is 14.2. The molecule has 112 valence electrons. The Morgan fingerprint density at radius 2 is 2.14 bits per heavy atom. The zero-order chi connectivity index (χ0) is 15.4. The summed E-state index contributed by atoms with van der Waals surface area (Å²) in [5.74, 6) is -2.25. The van der Waals surface area contributed by atoms with Crippen LogP contribution >= 0.6 is 0 Å². The fraction of sp³-hybridized carbons (Fsp3) is 0.308. The molecule has 8 nitrogen and oxygen atoms in total. The van der Waals surface area contributed by atoms with Gasteiger partial charge >= 0.3 is 5.97 Å². The second kappa shape index (κ2) is 6.12. The minimum Gasteiger partial charge on any atom is -0.480 e. The van der Waals surface area contributed by atoms with Gasteiger partial charge < -0.3 is 26.2 Å². The Labute approximate surface area is 120 Å². The van der Waals surface area contributed by atoms with Gasteiger partial charge in [-0.2, -0.15) is 0 Å². The van der Waals surface area contributed by atoms with Gasteiger partial charge in [-0.25, -0.2) is 4.79 Å². The summed E-state index contributed by atoms with van der Waals surface area (Å²) >= 11 is 0. The second-order valence-electron chi connectivity index (χ2n) is 4.55. The maximum Gasteiger partial charge on any atom is 0.326 e. The summed E-state index contributed by atoms with van der Waals surface area (Å²) in [6.45, 7) is 0.200. The van der Waals surface area contributed by atoms with Gasteiger partial charge in [0.2, 0.25) is 5.91 Å². The third-order valence-electron chi connectivity index (χ3n) is 2.95. The van der Waals surface area contributed by atoms with Crippen LogP contribution in [0.3, 0.4) is 0 Å². The summed E-state index contributed by atoms with van der Waals surface area (Å²) in [6.07, 6.45) is -1.35. The van der Waals surface area contributed by atoms with E-state index >= 15 is 0 Å². The van der Waals surface area contributed by atoms with Gasteiger partial charge in [0, 0.05) is 0 Å². The number of nitrogens with two attached hydrogens (primary N) is 1. The van der Waals surface area contributed by atoms with Crippen molar-refractivity contribution in [3.63, 3.8) is 0 Å². The van der Waals surface area contributed by atoms with E-state index in [2.05, 4.69) is 10.6 Å². The van der Waals surface area contributed by atoms with E-state index < -0.39 is 36.4 Å². The van der Waals surface area contributed by atoms with Crippen LogP contribution in [0.4, 0.5) is 5.69 Å². The van der Waals surface area contributed by atoms with Crippen molar-refractivity contribution in [1.82, 2.24) is 5.32 Å². The molecule has 0 saturated carbocycles. The van der Waals surface area contributed by atoms with E-state index in [0.29, 0.717) is 5.75 Å². The smallest absolute Gasteiger partial charge is 0.326 e. The van der Waals surface area contributed by atoms with Gasteiger partial charge in [0.1, 0.15) is 11.8 Å². The van der Waals surface area contributed by atoms with E-state index in [-0.39, 0.29) is 6.54 Å². The number of primary amides is 1. The van der Waals surface area contributed by atoms with Crippen LogP contribution in [0.25, 0.3) is 0 Å². The van der Waals surface area contributed by atoms with Gasteiger partial charge in [-0.05, 0) is 12.1 Å². The SMILES string of the molecule is NC(=O)CC(NC(=O)C1CNc2ccccc2O1)C(=O)O. The van der Waals surface area contributed by atoms with Gasteiger partial charge in [0.05, 0.1) is 18.7 Å². The number of anilines is 1. The lowest BCUT2D eigenvalue weighted by Crippen LogP contribution is -2.51. The van der Waals surface area contributed by atoms with Crippen LogP contribution in [-0.4, -0.2) is 41.6 Å². The molecule has 0 aliphatic carbocycles.